The summed E-state index contributed by atoms with van der Waals surface area (Å²) in [6.45, 7) is 2.01. The Morgan fingerprint density at radius 1 is 1.56 bits per heavy atom. The van der Waals surface area contributed by atoms with Crippen LogP contribution in [0.15, 0.2) is 0 Å². The Morgan fingerprint density at radius 3 is 2.11 bits per heavy atom. The molecule has 4 heteroatoms. The van der Waals surface area contributed by atoms with Crippen molar-refractivity contribution in [3.63, 3.8) is 0 Å². The summed E-state index contributed by atoms with van der Waals surface area (Å²) in [5.41, 5.74) is 0. The second-order valence-corrected chi connectivity index (χ2v) is 1.89. The van der Waals surface area contributed by atoms with Crippen LogP contribution in [-0.4, -0.2) is 41.8 Å². The molecule has 0 aliphatic carbocycles. The first kappa shape index (κ1) is 8.23. The molecule has 0 saturated carbocycles. The molecule has 0 aromatic carbocycles. The smallest absolute Gasteiger partial charge is 0.329 e. The molecular weight excluding hydrogens is 120 g/mol. The topological polar surface area (TPSA) is 43.8 Å². The van der Waals surface area contributed by atoms with Crippen LogP contribution in [0.3, 0.4) is 0 Å². The van der Waals surface area contributed by atoms with Gasteiger partial charge in [0.2, 0.25) is 0 Å². The fourth-order valence-electron chi connectivity index (χ4n) is 0.366. The highest BCUT2D eigenvalue weighted by molar-refractivity contribution is 5.72. The maximum Gasteiger partial charge on any atom is 0.343 e. The number of hydroxylamine groups is 2. The van der Waals surface area contributed by atoms with Crippen molar-refractivity contribution in [1.82, 2.24) is 9.96 Å². The second-order valence-electron chi connectivity index (χ2n) is 1.89. The molecule has 9 heavy (non-hydrogen) atoms. The van der Waals surface area contributed by atoms with Gasteiger partial charge in [-0.05, 0) is 6.92 Å². The third-order valence-electron chi connectivity index (χ3n) is 0.903. The van der Waals surface area contributed by atoms with E-state index in [2.05, 4.69) is 0 Å². The molecule has 0 spiro atoms. The number of carbonyl (C=O) groups is 1. The molecule has 0 heterocycles. The lowest BCUT2D eigenvalue weighted by atomic mass is 10.7. The Hall–Kier alpha value is -0.770. The monoisotopic (exact) mass is 132 g/mol. The van der Waals surface area contributed by atoms with E-state index in [4.69, 9.17) is 5.21 Å². The molecule has 0 unspecified atom stereocenters. The fourth-order valence-corrected chi connectivity index (χ4v) is 0.366. The van der Waals surface area contributed by atoms with Gasteiger partial charge in [0.05, 0.1) is 0 Å². The molecule has 0 aliphatic rings. The summed E-state index contributed by atoms with van der Waals surface area (Å²) >= 11 is 0. The van der Waals surface area contributed by atoms with Crippen molar-refractivity contribution in [2.75, 3.05) is 20.6 Å². The summed E-state index contributed by atoms with van der Waals surface area (Å²) in [4.78, 5) is 12.0. The molecular formula is C5H12N2O2. The number of nitrogens with zero attached hydrogens (tertiary/aromatic N) is 2. The van der Waals surface area contributed by atoms with E-state index in [0.717, 1.165) is 0 Å². The number of hydrogen-bond donors (Lipinski definition) is 1. The molecule has 0 bridgehead atoms. The first-order valence-corrected chi connectivity index (χ1v) is 2.77. The molecule has 0 atom stereocenters. The van der Waals surface area contributed by atoms with Crippen LogP contribution in [0.4, 0.5) is 4.79 Å². The molecule has 0 rings (SSSR count). The molecule has 0 saturated heterocycles. The number of hydrogen-bond acceptors (Lipinski definition) is 2. The van der Waals surface area contributed by atoms with Crippen molar-refractivity contribution in [1.29, 1.82) is 0 Å². The molecule has 2 amide bonds. The lowest BCUT2D eigenvalue weighted by Crippen LogP contribution is -2.36. The van der Waals surface area contributed by atoms with Gasteiger partial charge in [0, 0.05) is 20.6 Å². The lowest BCUT2D eigenvalue weighted by molar-refractivity contribution is -0.0482. The first-order chi connectivity index (χ1) is 4.09. The zero-order chi connectivity index (χ0) is 7.44. The number of urea groups is 1. The van der Waals surface area contributed by atoms with Crippen molar-refractivity contribution >= 4 is 6.03 Å². The highest BCUT2D eigenvalue weighted by Gasteiger charge is 2.08. The zero-order valence-electron chi connectivity index (χ0n) is 5.96. The lowest BCUT2D eigenvalue weighted by Gasteiger charge is -2.17. The molecule has 0 aliphatic heterocycles. The molecule has 0 aromatic heterocycles. The third-order valence-corrected chi connectivity index (χ3v) is 0.903. The van der Waals surface area contributed by atoms with Gasteiger partial charge in [-0.1, -0.05) is 0 Å². The van der Waals surface area contributed by atoms with Crippen molar-refractivity contribution in [2.45, 2.75) is 6.92 Å². The third kappa shape index (κ3) is 2.32. The number of carbonyl (C=O) groups excluding carboxylic acids is 1. The molecule has 54 valence electrons. The normalized spacial score (nSPS) is 8.89. The van der Waals surface area contributed by atoms with E-state index in [1.807, 2.05) is 0 Å². The van der Waals surface area contributed by atoms with E-state index >= 15 is 0 Å². The van der Waals surface area contributed by atoms with Gasteiger partial charge in [0.25, 0.3) is 0 Å². The number of amides is 2. The van der Waals surface area contributed by atoms with Crippen LogP contribution in [0.25, 0.3) is 0 Å². The van der Waals surface area contributed by atoms with E-state index in [9.17, 15) is 4.79 Å². The van der Waals surface area contributed by atoms with E-state index in [0.29, 0.717) is 11.6 Å². The molecule has 1 N–H and O–H groups in total. The minimum atomic E-state index is -0.391. The summed E-state index contributed by atoms with van der Waals surface area (Å²) in [6.07, 6.45) is 0. The Balaban J connectivity index is 3.73. The van der Waals surface area contributed by atoms with E-state index in [-0.39, 0.29) is 0 Å². The van der Waals surface area contributed by atoms with Crippen molar-refractivity contribution in [2.24, 2.45) is 0 Å². The highest BCUT2D eigenvalue weighted by atomic mass is 16.5. The van der Waals surface area contributed by atoms with Gasteiger partial charge >= 0.3 is 6.03 Å². The molecule has 0 radical (unpaired) electrons. The predicted octanol–water partition coefficient (Wildman–Crippen LogP) is 0.379. The Kier molecular flexibility index (Phi) is 3.01. The summed E-state index contributed by atoms with van der Waals surface area (Å²) < 4.78 is 0. The summed E-state index contributed by atoms with van der Waals surface area (Å²) in [7, 11) is 3.17. The van der Waals surface area contributed by atoms with Gasteiger partial charge in [-0.2, -0.15) is 0 Å². The quantitative estimate of drug-likeness (QED) is 0.414. The minimum Gasteiger partial charge on any atom is -0.329 e. The summed E-state index contributed by atoms with van der Waals surface area (Å²) in [6, 6.07) is -0.391. The molecule has 0 fully saturated rings. The van der Waals surface area contributed by atoms with Gasteiger partial charge in [-0.3, -0.25) is 5.21 Å². The highest BCUT2D eigenvalue weighted by Crippen LogP contribution is 1.87. The van der Waals surface area contributed by atoms with Crippen LogP contribution >= 0.6 is 0 Å². The average molecular weight is 132 g/mol. The standard InChI is InChI=1S/C5H12N2O2/c1-4-7(9)5(8)6(2)3/h9H,4H2,1-3H3. The SMILES string of the molecule is CCN(O)C(=O)N(C)C. The van der Waals surface area contributed by atoms with Gasteiger partial charge in [-0.25, -0.2) is 9.86 Å². The van der Waals surface area contributed by atoms with Crippen molar-refractivity contribution < 1.29 is 10.0 Å². The van der Waals surface area contributed by atoms with Gasteiger partial charge < -0.3 is 4.90 Å². The Bertz CT molecular complexity index is 103. The maximum absolute atomic E-state index is 10.7. The molecule has 4 nitrogen and oxygen atoms in total. The van der Waals surface area contributed by atoms with E-state index in [1.54, 1.807) is 21.0 Å². The van der Waals surface area contributed by atoms with Crippen LogP contribution in [0.1, 0.15) is 6.92 Å². The van der Waals surface area contributed by atoms with Gasteiger partial charge in [-0.15, -0.1) is 0 Å². The van der Waals surface area contributed by atoms with Crippen molar-refractivity contribution in [3.05, 3.63) is 0 Å². The second kappa shape index (κ2) is 3.29. The average Bonchev–Trinajstić information content (AvgIpc) is 1.84. The van der Waals surface area contributed by atoms with Crippen LogP contribution < -0.4 is 0 Å². The number of rotatable bonds is 1. The zero-order valence-corrected chi connectivity index (χ0v) is 5.96. The maximum atomic E-state index is 10.7. The minimum absolute atomic E-state index is 0.316. The van der Waals surface area contributed by atoms with E-state index in [1.165, 1.54) is 4.90 Å². The largest absolute Gasteiger partial charge is 0.343 e. The van der Waals surface area contributed by atoms with Crippen LogP contribution in [0.2, 0.25) is 0 Å². The summed E-state index contributed by atoms with van der Waals surface area (Å²) in [5, 5.41) is 9.39. The fraction of sp³-hybridized carbons (Fsp3) is 0.800. The van der Waals surface area contributed by atoms with Gasteiger partial charge in [0.15, 0.2) is 0 Å². The first-order valence-electron chi connectivity index (χ1n) is 2.77. The predicted molar refractivity (Wildman–Crippen MR) is 33.2 cm³/mol. The van der Waals surface area contributed by atoms with Crippen LogP contribution in [0, 0.1) is 0 Å². The van der Waals surface area contributed by atoms with Crippen LogP contribution in [0.5, 0.6) is 0 Å². The van der Waals surface area contributed by atoms with Crippen molar-refractivity contribution in [3.8, 4) is 0 Å². The Labute approximate surface area is 54.6 Å². The van der Waals surface area contributed by atoms with Gasteiger partial charge in [0.1, 0.15) is 0 Å². The van der Waals surface area contributed by atoms with Crippen LogP contribution in [-0.2, 0) is 0 Å². The molecule has 0 aromatic rings. The Morgan fingerprint density at radius 2 is 2.00 bits per heavy atom. The van der Waals surface area contributed by atoms with E-state index < -0.39 is 6.03 Å². The summed E-state index contributed by atoms with van der Waals surface area (Å²) in [5.74, 6) is 0.